The van der Waals surface area contributed by atoms with Crippen LogP contribution in [-0.4, -0.2) is 0 Å². The second-order valence-corrected chi connectivity index (χ2v) is 14.4. The van der Waals surface area contributed by atoms with Gasteiger partial charge in [-0.25, -0.2) is 0 Å². The van der Waals surface area contributed by atoms with Crippen molar-refractivity contribution in [3.63, 3.8) is 0 Å². The largest absolute Gasteiger partial charge is 0.485 e. The molecule has 3 aromatic rings. The van der Waals surface area contributed by atoms with E-state index in [1.165, 1.54) is 121 Å². The molecule has 0 N–H and O–H groups in total. The first-order chi connectivity index (χ1) is 26.2. The van der Waals surface area contributed by atoms with Crippen molar-refractivity contribution in [3.05, 3.63) is 87.5 Å². The fraction of sp³-hybridized carbons (Fsp3) is 0.654. The van der Waals surface area contributed by atoms with E-state index < -0.39 is 0 Å². The summed E-state index contributed by atoms with van der Waals surface area (Å²) in [5.74, 6) is 2.07. The lowest BCUT2D eigenvalue weighted by molar-refractivity contribution is 0.206. The summed E-state index contributed by atoms with van der Waals surface area (Å²) in [4.78, 5) is 0. The van der Waals surface area contributed by atoms with Gasteiger partial charge in [-0.2, -0.15) is 0 Å². The average Bonchev–Trinajstić information content (AvgIpc) is 3.63. The lowest BCUT2D eigenvalue weighted by atomic mass is 9.91. The van der Waals surface area contributed by atoms with Gasteiger partial charge in [0.15, 0.2) is 0 Å². The van der Waals surface area contributed by atoms with Gasteiger partial charge in [-0.3, -0.25) is 0 Å². The third-order valence-corrected chi connectivity index (χ3v) is 10.00. The van der Waals surface area contributed by atoms with Crippen molar-refractivity contribution in [1.29, 1.82) is 0 Å². The molecule has 312 valence electrons. The zero-order valence-corrected chi connectivity index (χ0v) is 40.5. The van der Waals surface area contributed by atoms with Crippen molar-refractivity contribution in [3.8, 4) is 16.9 Å². The van der Waals surface area contributed by atoms with E-state index in [9.17, 15) is 0 Å². The van der Waals surface area contributed by atoms with Crippen molar-refractivity contribution in [1.82, 2.24) is 0 Å². The van der Waals surface area contributed by atoms with E-state index in [0.29, 0.717) is 0 Å². The smallest absolute Gasteiger partial charge is 0.124 e. The standard InChI is InChI=1S/C27H31OP.C7H14.C5H12.C4H10.C3H8.3C2H6/c1-5-20-14-18(3)27(15-17(20)2)28-26-13-12-24-23(10-7-11-25(24)26)22-9-6-8-21(16-29)19(22)4;1-7-5-3-2-4-6-7;1-3-5-4-2;1-3-4-2;1-3-2;3*1-2/h6-11,14-15,26H,5,12-13,16,29H2,1-4H3;7H,2-6H2,1H3;3-5H2,1-2H3;3-4H2,1-2H3;3H2,1-2H3;3*1-2H3. The summed E-state index contributed by atoms with van der Waals surface area (Å²) in [6.45, 7) is 36.2. The molecule has 2 unspecified atom stereocenters. The van der Waals surface area contributed by atoms with E-state index in [2.05, 4.69) is 134 Å². The average molecular weight is 765 g/mol. The third-order valence-electron chi connectivity index (χ3n) is 9.56. The lowest BCUT2D eigenvalue weighted by Crippen LogP contribution is -2.05. The second kappa shape index (κ2) is 37.8. The highest BCUT2D eigenvalue weighted by atomic mass is 31.0. The molecule has 0 aliphatic heterocycles. The Balaban J connectivity index is -0.000000850. The van der Waals surface area contributed by atoms with Gasteiger partial charge in [0, 0.05) is 0 Å². The molecule has 0 bridgehead atoms. The zero-order valence-electron chi connectivity index (χ0n) is 39.4. The molecular formula is C52H93OP. The van der Waals surface area contributed by atoms with Gasteiger partial charge in [-0.15, -0.1) is 9.24 Å². The predicted molar refractivity (Wildman–Crippen MR) is 255 cm³/mol. The lowest BCUT2D eigenvalue weighted by Gasteiger charge is -2.19. The van der Waals surface area contributed by atoms with E-state index in [1.54, 1.807) is 0 Å². The normalized spacial score (nSPS) is 13.6. The van der Waals surface area contributed by atoms with Crippen LogP contribution in [0.5, 0.6) is 5.75 Å². The van der Waals surface area contributed by atoms with Gasteiger partial charge < -0.3 is 4.74 Å². The number of aryl methyl sites for hydroxylation is 3. The van der Waals surface area contributed by atoms with E-state index in [0.717, 1.165) is 37.1 Å². The Morgan fingerprint density at radius 3 is 1.61 bits per heavy atom. The summed E-state index contributed by atoms with van der Waals surface area (Å²) in [7, 11) is 2.85. The molecule has 0 radical (unpaired) electrons. The van der Waals surface area contributed by atoms with Crippen molar-refractivity contribution in [2.45, 2.75) is 220 Å². The minimum atomic E-state index is 0.140. The van der Waals surface area contributed by atoms with Crippen LogP contribution in [0.1, 0.15) is 219 Å². The number of unbranched alkanes of at least 4 members (excludes halogenated alkanes) is 3. The van der Waals surface area contributed by atoms with Crippen LogP contribution >= 0.6 is 9.24 Å². The van der Waals surface area contributed by atoms with Gasteiger partial charge >= 0.3 is 0 Å². The highest BCUT2D eigenvalue weighted by molar-refractivity contribution is 7.15. The summed E-state index contributed by atoms with van der Waals surface area (Å²) in [6.07, 6.45) is 19.7. The van der Waals surface area contributed by atoms with Crippen LogP contribution in [-0.2, 0) is 19.0 Å². The Morgan fingerprint density at radius 1 is 0.630 bits per heavy atom. The van der Waals surface area contributed by atoms with Gasteiger partial charge in [-0.05, 0) is 108 Å². The summed E-state index contributed by atoms with van der Waals surface area (Å²) in [5, 5.41) is 0. The summed E-state index contributed by atoms with van der Waals surface area (Å²) < 4.78 is 6.58. The van der Waals surface area contributed by atoms with Crippen molar-refractivity contribution < 1.29 is 4.74 Å². The van der Waals surface area contributed by atoms with Crippen molar-refractivity contribution >= 4 is 9.24 Å². The Hall–Kier alpha value is -2.11. The number of benzene rings is 3. The molecule has 0 heterocycles. The first-order valence-corrected chi connectivity index (χ1v) is 23.7. The minimum absolute atomic E-state index is 0.140. The van der Waals surface area contributed by atoms with Crippen LogP contribution in [0.3, 0.4) is 0 Å². The molecule has 54 heavy (non-hydrogen) atoms. The number of hydrogen-bond donors (Lipinski definition) is 0. The van der Waals surface area contributed by atoms with Crippen LogP contribution in [0.15, 0.2) is 48.5 Å². The number of fused-ring (bicyclic) bond motifs is 1. The van der Waals surface area contributed by atoms with Gasteiger partial charge in [0.2, 0.25) is 0 Å². The number of ether oxygens (including phenoxy) is 1. The maximum atomic E-state index is 6.58. The number of hydrogen-bond acceptors (Lipinski definition) is 1. The molecule has 5 rings (SSSR count). The Bertz CT molecular complexity index is 1270. The SMILES string of the molecule is CC.CC.CC.CC1CCCCC1.CCC.CCCC.CCCCC.CCc1cc(C)c(OC2CCc3c(-c4cccc(CP)c4C)cccc32)cc1C. The summed E-state index contributed by atoms with van der Waals surface area (Å²) >= 11 is 0. The maximum absolute atomic E-state index is 6.58. The van der Waals surface area contributed by atoms with E-state index in [1.807, 2.05) is 41.5 Å². The first-order valence-electron chi connectivity index (χ1n) is 22.8. The molecule has 3 aromatic carbocycles. The minimum Gasteiger partial charge on any atom is -0.485 e. The van der Waals surface area contributed by atoms with Crippen molar-refractivity contribution in [2.24, 2.45) is 5.92 Å². The van der Waals surface area contributed by atoms with Gasteiger partial charge in [0.1, 0.15) is 11.9 Å². The maximum Gasteiger partial charge on any atom is 0.124 e. The quantitative estimate of drug-likeness (QED) is 0.208. The van der Waals surface area contributed by atoms with Gasteiger partial charge in [0.25, 0.3) is 0 Å². The molecular weight excluding hydrogens is 672 g/mol. The van der Waals surface area contributed by atoms with Crippen LogP contribution in [0.2, 0.25) is 0 Å². The predicted octanol–water partition coefficient (Wildman–Crippen LogP) is 18.4. The molecule has 1 nitrogen and oxygen atoms in total. The molecule has 1 fully saturated rings. The topological polar surface area (TPSA) is 9.23 Å². The molecule has 0 amide bonds. The fourth-order valence-electron chi connectivity index (χ4n) is 6.36. The van der Waals surface area contributed by atoms with Gasteiger partial charge in [-0.1, -0.05) is 210 Å². The van der Waals surface area contributed by atoms with Crippen LogP contribution < -0.4 is 4.74 Å². The molecule has 2 heteroatoms. The summed E-state index contributed by atoms with van der Waals surface area (Å²) in [5.41, 5.74) is 12.3. The number of rotatable bonds is 8. The zero-order chi connectivity index (χ0) is 41.9. The van der Waals surface area contributed by atoms with Crippen LogP contribution in [0.4, 0.5) is 0 Å². The molecule has 0 aromatic heterocycles. The molecule has 0 saturated heterocycles. The Kier molecular flexibility index (Phi) is 39.4. The Morgan fingerprint density at radius 2 is 1.17 bits per heavy atom. The van der Waals surface area contributed by atoms with E-state index in [-0.39, 0.29) is 6.10 Å². The second-order valence-electron chi connectivity index (χ2n) is 14.0. The monoisotopic (exact) mass is 765 g/mol. The van der Waals surface area contributed by atoms with E-state index >= 15 is 0 Å². The highest BCUT2D eigenvalue weighted by Gasteiger charge is 2.27. The van der Waals surface area contributed by atoms with Crippen LogP contribution in [0, 0.1) is 26.7 Å². The molecule has 1 saturated carbocycles. The molecule has 2 aliphatic rings. The first kappa shape index (κ1) is 56.2. The van der Waals surface area contributed by atoms with Crippen LogP contribution in [0.25, 0.3) is 11.1 Å². The molecule has 2 aliphatic carbocycles. The van der Waals surface area contributed by atoms with E-state index in [4.69, 9.17) is 4.74 Å². The molecule has 2 atom stereocenters. The Labute approximate surface area is 342 Å². The summed E-state index contributed by atoms with van der Waals surface area (Å²) in [6, 6.07) is 17.9. The van der Waals surface area contributed by atoms with Gasteiger partial charge in [0.05, 0.1) is 0 Å². The fourth-order valence-corrected chi connectivity index (χ4v) is 6.80. The molecule has 0 spiro atoms. The highest BCUT2D eigenvalue weighted by Crippen LogP contribution is 2.42. The van der Waals surface area contributed by atoms with Crippen molar-refractivity contribution in [2.75, 3.05) is 0 Å². The third kappa shape index (κ3) is 21.8.